The maximum Gasteiger partial charge on any atom is 0.318 e. The van der Waals surface area contributed by atoms with Gasteiger partial charge in [0, 0.05) is 36.1 Å². The van der Waals surface area contributed by atoms with Crippen molar-refractivity contribution in [2.75, 3.05) is 26.7 Å². The number of imidazole rings is 1. The van der Waals surface area contributed by atoms with Crippen molar-refractivity contribution in [3.8, 4) is 23.1 Å². The number of methoxy groups -OCH3 is 1. The van der Waals surface area contributed by atoms with Gasteiger partial charge in [0.2, 0.25) is 0 Å². The lowest BCUT2D eigenvalue weighted by atomic mass is 9.86. The van der Waals surface area contributed by atoms with E-state index in [0.717, 1.165) is 38.0 Å². The summed E-state index contributed by atoms with van der Waals surface area (Å²) in [6.45, 7) is 5.31. The van der Waals surface area contributed by atoms with E-state index in [0.29, 0.717) is 39.9 Å². The Morgan fingerprint density at radius 1 is 1.11 bits per heavy atom. The average molecular weight is 475 g/mol. The molecule has 0 radical (unpaired) electrons. The van der Waals surface area contributed by atoms with Crippen LogP contribution in [0.25, 0.3) is 22.6 Å². The van der Waals surface area contributed by atoms with Gasteiger partial charge >= 0.3 is 6.01 Å². The number of pyridine rings is 1. The molecule has 2 bridgehead atoms. The maximum absolute atomic E-state index is 15.3. The number of nitrogens with zero attached hydrogens (tertiary/aromatic N) is 6. The fourth-order valence-electron chi connectivity index (χ4n) is 5.19. The number of aryl methyl sites for hydroxylation is 1. The zero-order chi connectivity index (χ0) is 23.9. The van der Waals surface area contributed by atoms with Crippen LogP contribution < -0.4 is 9.47 Å². The molecule has 180 valence electrons. The van der Waals surface area contributed by atoms with Gasteiger partial charge < -0.3 is 14.0 Å². The molecule has 6 heterocycles. The minimum absolute atomic E-state index is 0.129. The van der Waals surface area contributed by atoms with Crippen LogP contribution in [0.3, 0.4) is 0 Å². The van der Waals surface area contributed by atoms with E-state index in [4.69, 9.17) is 14.5 Å². The number of hydrogen-bond donors (Lipinski definition) is 0. The molecule has 0 spiro atoms. The number of hydrogen-bond acceptors (Lipinski definition) is 7. The first kappa shape index (κ1) is 21.9. The van der Waals surface area contributed by atoms with Crippen molar-refractivity contribution in [1.29, 1.82) is 0 Å². The molecular formula is C26H27FN6O2. The van der Waals surface area contributed by atoms with Crippen molar-refractivity contribution >= 4 is 11.2 Å². The summed E-state index contributed by atoms with van der Waals surface area (Å²) in [5.74, 6) is 1.46. The predicted octanol–water partition coefficient (Wildman–Crippen LogP) is 3.87. The quantitative estimate of drug-likeness (QED) is 0.420. The minimum atomic E-state index is -0.319. The van der Waals surface area contributed by atoms with Crippen molar-refractivity contribution < 1.29 is 13.9 Å². The molecule has 1 atom stereocenters. The third-order valence-electron chi connectivity index (χ3n) is 7.09. The van der Waals surface area contributed by atoms with Crippen molar-refractivity contribution in [2.45, 2.75) is 32.4 Å². The Balaban J connectivity index is 1.35. The number of fused-ring (bicyclic) bond motifs is 4. The summed E-state index contributed by atoms with van der Waals surface area (Å²) in [4.78, 5) is 20.3. The number of halogens is 1. The fourth-order valence-corrected chi connectivity index (χ4v) is 5.19. The Hall–Kier alpha value is -3.59. The largest absolute Gasteiger partial charge is 0.489 e. The topological polar surface area (TPSA) is 78.2 Å². The molecule has 0 N–H and O–H groups in total. The standard InChI is InChI=1S/C26H27FN6O2/c1-16-23-25(31-26(29-16)34-2)33(24(30-23)18-4-3-9-28-13-18)14-19-5-6-20(12-21(19)27)35-22-15-32-10-7-17(22)8-11-32/h3-6,9,12-13,17,22H,7-8,10-11,14-15H2,1-2H3/t22-/m1/s1. The lowest BCUT2D eigenvalue weighted by molar-refractivity contribution is -0.00789. The molecule has 3 aliphatic heterocycles. The highest BCUT2D eigenvalue weighted by Gasteiger charge is 2.35. The van der Waals surface area contributed by atoms with Crippen molar-refractivity contribution in [1.82, 2.24) is 29.4 Å². The Morgan fingerprint density at radius 2 is 1.97 bits per heavy atom. The molecule has 0 unspecified atom stereocenters. The summed E-state index contributed by atoms with van der Waals surface area (Å²) in [7, 11) is 1.52. The average Bonchev–Trinajstić information content (AvgIpc) is 3.25. The summed E-state index contributed by atoms with van der Waals surface area (Å²) in [5, 5.41) is 0. The molecule has 0 saturated carbocycles. The normalized spacial score (nSPS) is 21.4. The number of piperidine rings is 3. The predicted molar refractivity (Wildman–Crippen MR) is 129 cm³/mol. The lowest BCUT2D eigenvalue weighted by Crippen LogP contribution is -2.52. The maximum atomic E-state index is 15.3. The number of benzene rings is 1. The number of ether oxygens (including phenoxy) is 2. The van der Waals surface area contributed by atoms with Gasteiger partial charge in [0.05, 0.1) is 19.3 Å². The Labute approximate surface area is 202 Å². The summed E-state index contributed by atoms with van der Waals surface area (Å²) >= 11 is 0. The lowest BCUT2D eigenvalue weighted by Gasteiger charge is -2.44. The molecule has 8 nitrogen and oxygen atoms in total. The SMILES string of the molecule is COc1nc(C)c2nc(-c3cccnc3)n(Cc3ccc(O[C@@H]4CN5CCC4CC5)cc3F)c2n1. The minimum Gasteiger partial charge on any atom is -0.489 e. The third-order valence-corrected chi connectivity index (χ3v) is 7.09. The third kappa shape index (κ3) is 4.10. The van der Waals surface area contributed by atoms with Crippen LogP contribution in [0.4, 0.5) is 4.39 Å². The Kier molecular flexibility index (Phi) is 5.56. The molecule has 7 rings (SSSR count). The Bertz CT molecular complexity index is 1370. The summed E-state index contributed by atoms with van der Waals surface area (Å²) in [6, 6.07) is 9.16. The van der Waals surface area contributed by atoms with E-state index in [9.17, 15) is 0 Å². The first-order chi connectivity index (χ1) is 17.1. The molecule has 1 aromatic carbocycles. The van der Waals surface area contributed by atoms with Gasteiger partial charge in [-0.3, -0.25) is 9.88 Å². The smallest absolute Gasteiger partial charge is 0.318 e. The van der Waals surface area contributed by atoms with Crippen LogP contribution in [0.15, 0.2) is 42.7 Å². The van der Waals surface area contributed by atoms with E-state index in [2.05, 4.69) is 19.9 Å². The van der Waals surface area contributed by atoms with Gasteiger partial charge in [-0.25, -0.2) is 9.37 Å². The van der Waals surface area contributed by atoms with Crippen molar-refractivity contribution in [3.05, 3.63) is 59.8 Å². The molecular weight excluding hydrogens is 447 g/mol. The highest BCUT2D eigenvalue weighted by atomic mass is 19.1. The van der Waals surface area contributed by atoms with E-state index in [1.54, 1.807) is 18.5 Å². The van der Waals surface area contributed by atoms with E-state index < -0.39 is 0 Å². The van der Waals surface area contributed by atoms with Crippen LogP contribution >= 0.6 is 0 Å². The van der Waals surface area contributed by atoms with E-state index >= 15 is 4.39 Å². The van der Waals surface area contributed by atoms with Crippen molar-refractivity contribution in [3.63, 3.8) is 0 Å². The second-order valence-electron chi connectivity index (χ2n) is 9.28. The molecule has 9 heteroatoms. The zero-order valence-corrected chi connectivity index (χ0v) is 19.8. The molecule has 4 aromatic rings. The van der Waals surface area contributed by atoms with Gasteiger partial charge in [-0.2, -0.15) is 9.97 Å². The number of aromatic nitrogens is 5. The van der Waals surface area contributed by atoms with Gasteiger partial charge in [-0.15, -0.1) is 0 Å². The second-order valence-corrected chi connectivity index (χ2v) is 9.28. The first-order valence-corrected chi connectivity index (χ1v) is 12.0. The van der Waals surface area contributed by atoms with Crippen LogP contribution in [-0.4, -0.2) is 62.3 Å². The Morgan fingerprint density at radius 3 is 2.66 bits per heavy atom. The van der Waals surface area contributed by atoms with Crippen LogP contribution in [0.1, 0.15) is 24.1 Å². The zero-order valence-electron chi connectivity index (χ0n) is 19.8. The van der Waals surface area contributed by atoms with Crippen LogP contribution in [-0.2, 0) is 6.54 Å². The first-order valence-electron chi connectivity index (χ1n) is 12.0. The van der Waals surface area contributed by atoms with Gasteiger partial charge in [0.1, 0.15) is 29.0 Å². The molecule has 3 aromatic heterocycles. The monoisotopic (exact) mass is 474 g/mol. The van der Waals surface area contributed by atoms with E-state index in [1.807, 2.05) is 29.7 Å². The molecule has 0 amide bonds. The molecule has 35 heavy (non-hydrogen) atoms. The van der Waals surface area contributed by atoms with Gasteiger partial charge in [-0.1, -0.05) is 6.07 Å². The molecule has 3 fully saturated rings. The highest BCUT2D eigenvalue weighted by Crippen LogP contribution is 2.32. The molecule has 0 aliphatic carbocycles. The fraction of sp³-hybridized carbons (Fsp3) is 0.385. The summed E-state index contributed by atoms with van der Waals surface area (Å²) < 4.78 is 28.7. The van der Waals surface area contributed by atoms with Gasteiger partial charge in [0.15, 0.2) is 5.65 Å². The van der Waals surface area contributed by atoms with Crippen LogP contribution in [0, 0.1) is 18.7 Å². The van der Waals surface area contributed by atoms with Gasteiger partial charge in [-0.05, 0) is 57.0 Å². The summed E-state index contributed by atoms with van der Waals surface area (Å²) in [5.41, 5.74) is 3.25. The molecule has 3 saturated heterocycles. The van der Waals surface area contributed by atoms with Crippen molar-refractivity contribution in [2.24, 2.45) is 5.92 Å². The second kappa shape index (κ2) is 8.88. The summed E-state index contributed by atoms with van der Waals surface area (Å²) in [6.07, 6.45) is 5.88. The van der Waals surface area contributed by atoms with E-state index in [-0.39, 0.29) is 24.5 Å². The highest BCUT2D eigenvalue weighted by molar-refractivity contribution is 5.79. The van der Waals surface area contributed by atoms with Gasteiger partial charge in [0.25, 0.3) is 0 Å². The number of rotatable bonds is 6. The van der Waals surface area contributed by atoms with Crippen LogP contribution in [0.5, 0.6) is 11.8 Å². The molecule has 3 aliphatic rings. The van der Waals surface area contributed by atoms with Crippen LogP contribution in [0.2, 0.25) is 0 Å². The van der Waals surface area contributed by atoms with E-state index in [1.165, 1.54) is 13.2 Å².